The first-order valence-corrected chi connectivity index (χ1v) is 10.6. The van der Waals surface area contributed by atoms with E-state index in [0.717, 1.165) is 25.0 Å². The second kappa shape index (κ2) is 9.85. The number of nitrogens with zero attached hydrogens (tertiary/aromatic N) is 2. The Labute approximate surface area is 170 Å². The molecule has 0 spiro atoms. The fraction of sp³-hybridized carbons (Fsp3) is 0.455. The Morgan fingerprint density at radius 2 is 1.93 bits per heavy atom. The van der Waals surface area contributed by atoms with Crippen LogP contribution in [0.5, 0.6) is 0 Å². The number of hydrogen-bond donors (Lipinski definition) is 0. The number of ether oxygens (including phenoxy) is 1. The van der Waals surface area contributed by atoms with E-state index in [2.05, 4.69) is 18.4 Å². The fourth-order valence-corrected chi connectivity index (χ4v) is 4.30. The smallest absolute Gasteiger partial charge is 0.242 e. The zero-order valence-electron chi connectivity index (χ0n) is 16.6. The molecule has 1 aliphatic rings. The Hall–Kier alpha value is -2.18. The van der Waals surface area contributed by atoms with E-state index in [1.165, 1.54) is 17.4 Å². The fourth-order valence-electron chi connectivity index (χ4n) is 3.38. The molecule has 1 aromatic carbocycles. The van der Waals surface area contributed by atoms with Gasteiger partial charge in [0.25, 0.3) is 0 Å². The standard InChI is InChI=1S/C22H28N2O3S/c1-17-10-12-28-21(17)15-24(13-19-7-4-3-5-8-19)22(26)16-23(18(2)25)14-20-9-6-11-27-20/h3-5,7-8,10,12,20H,6,9,11,13-16H2,1-2H3. The van der Waals surface area contributed by atoms with Gasteiger partial charge in [-0.3, -0.25) is 9.59 Å². The zero-order chi connectivity index (χ0) is 19.9. The molecule has 2 aromatic rings. The summed E-state index contributed by atoms with van der Waals surface area (Å²) in [5.74, 6) is -0.124. The lowest BCUT2D eigenvalue weighted by molar-refractivity contribution is -0.141. The molecule has 0 aliphatic carbocycles. The lowest BCUT2D eigenvalue weighted by atomic mass is 10.2. The highest BCUT2D eigenvalue weighted by Crippen LogP contribution is 2.20. The molecule has 0 N–H and O–H groups in total. The molecule has 1 aliphatic heterocycles. The number of rotatable bonds is 8. The lowest BCUT2D eigenvalue weighted by Crippen LogP contribution is -2.44. The molecule has 1 atom stereocenters. The maximum atomic E-state index is 13.2. The van der Waals surface area contributed by atoms with Crippen LogP contribution < -0.4 is 0 Å². The largest absolute Gasteiger partial charge is 0.376 e. The first kappa shape index (κ1) is 20.6. The molecular formula is C22H28N2O3S. The van der Waals surface area contributed by atoms with E-state index >= 15 is 0 Å². The Kier molecular flexibility index (Phi) is 7.23. The molecule has 1 unspecified atom stereocenters. The number of amides is 2. The molecule has 5 nitrogen and oxygen atoms in total. The first-order valence-electron chi connectivity index (χ1n) is 9.74. The van der Waals surface area contributed by atoms with Gasteiger partial charge in [-0.1, -0.05) is 30.3 Å². The van der Waals surface area contributed by atoms with E-state index in [1.54, 1.807) is 16.2 Å². The van der Waals surface area contributed by atoms with Gasteiger partial charge in [-0.25, -0.2) is 0 Å². The van der Waals surface area contributed by atoms with Crippen molar-refractivity contribution < 1.29 is 14.3 Å². The summed E-state index contributed by atoms with van der Waals surface area (Å²) in [6.07, 6.45) is 2.00. The van der Waals surface area contributed by atoms with Crippen LogP contribution in [0, 0.1) is 6.92 Å². The van der Waals surface area contributed by atoms with Gasteiger partial charge in [-0.2, -0.15) is 0 Å². The summed E-state index contributed by atoms with van der Waals surface area (Å²) in [4.78, 5) is 29.9. The van der Waals surface area contributed by atoms with E-state index in [4.69, 9.17) is 4.74 Å². The molecule has 28 heavy (non-hydrogen) atoms. The minimum atomic E-state index is -0.0872. The van der Waals surface area contributed by atoms with Crippen LogP contribution in [-0.2, 0) is 27.4 Å². The highest BCUT2D eigenvalue weighted by Gasteiger charge is 2.25. The SMILES string of the molecule is CC(=O)N(CC(=O)N(Cc1ccccc1)Cc1sccc1C)CC1CCCO1. The summed E-state index contributed by atoms with van der Waals surface area (Å²) in [5, 5.41) is 2.05. The molecule has 0 bridgehead atoms. The molecule has 2 heterocycles. The quantitative estimate of drug-likeness (QED) is 0.680. The van der Waals surface area contributed by atoms with Crippen molar-refractivity contribution in [1.82, 2.24) is 9.80 Å². The van der Waals surface area contributed by atoms with Crippen molar-refractivity contribution in [1.29, 1.82) is 0 Å². The maximum Gasteiger partial charge on any atom is 0.242 e. The van der Waals surface area contributed by atoms with Crippen LogP contribution >= 0.6 is 11.3 Å². The molecule has 150 valence electrons. The summed E-state index contributed by atoms with van der Waals surface area (Å²) in [6, 6.07) is 12.1. The van der Waals surface area contributed by atoms with E-state index in [0.29, 0.717) is 19.6 Å². The highest BCUT2D eigenvalue weighted by atomic mass is 32.1. The Morgan fingerprint density at radius 1 is 1.14 bits per heavy atom. The van der Waals surface area contributed by atoms with Crippen molar-refractivity contribution in [3.8, 4) is 0 Å². The van der Waals surface area contributed by atoms with E-state index in [9.17, 15) is 9.59 Å². The zero-order valence-corrected chi connectivity index (χ0v) is 17.4. The van der Waals surface area contributed by atoms with Gasteiger partial charge in [0.15, 0.2) is 0 Å². The molecule has 1 saturated heterocycles. The average molecular weight is 401 g/mol. The minimum absolute atomic E-state index is 0.0372. The molecule has 0 radical (unpaired) electrons. The van der Waals surface area contributed by atoms with Crippen molar-refractivity contribution in [2.45, 2.75) is 45.9 Å². The number of aryl methyl sites for hydroxylation is 1. The van der Waals surface area contributed by atoms with Gasteiger partial charge in [0, 0.05) is 31.5 Å². The van der Waals surface area contributed by atoms with Crippen LogP contribution in [0.4, 0.5) is 0 Å². The van der Waals surface area contributed by atoms with Crippen LogP contribution in [-0.4, -0.2) is 47.4 Å². The summed E-state index contributed by atoms with van der Waals surface area (Å²) < 4.78 is 5.66. The molecular weight excluding hydrogens is 372 g/mol. The van der Waals surface area contributed by atoms with Gasteiger partial charge >= 0.3 is 0 Å². The van der Waals surface area contributed by atoms with E-state index in [-0.39, 0.29) is 24.5 Å². The second-order valence-corrected chi connectivity index (χ2v) is 8.30. The molecule has 6 heteroatoms. The van der Waals surface area contributed by atoms with E-state index < -0.39 is 0 Å². The molecule has 0 saturated carbocycles. The third-order valence-electron chi connectivity index (χ3n) is 5.09. The van der Waals surface area contributed by atoms with Crippen molar-refractivity contribution in [2.24, 2.45) is 0 Å². The van der Waals surface area contributed by atoms with Crippen LogP contribution in [0.1, 0.15) is 35.8 Å². The Bertz CT molecular complexity index is 784. The molecule has 1 aromatic heterocycles. The molecule has 3 rings (SSSR count). The summed E-state index contributed by atoms with van der Waals surface area (Å²) >= 11 is 1.66. The molecule has 1 fully saturated rings. The third kappa shape index (κ3) is 5.66. The van der Waals surface area contributed by atoms with Gasteiger partial charge in [0.1, 0.15) is 0 Å². The van der Waals surface area contributed by atoms with Crippen molar-refractivity contribution in [2.75, 3.05) is 19.7 Å². The van der Waals surface area contributed by atoms with Crippen molar-refractivity contribution in [3.63, 3.8) is 0 Å². The van der Waals surface area contributed by atoms with E-state index in [1.807, 2.05) is 35.2 Å². The summed E-state index contributed by atoms with van der Waals surface area (Å²) in [6.45, 7) is 5.99. The predicted molar refractivity (Wildman–Crippen MR) is 111 cm³/mol. The van der Waals surface area contributed by atoms with Crippen LogP contribution in [0.2, 0.25) is 0 Å². The van der Waals surface area contributed by atoms with Gasteiger partial charge in [-0.05, 0) is 42.3 Å². The highest BCUT2D eigenvalue weighted by molar-refractivity contribution is 7.10. The van der Waals surface area contributed by atoms with Crippen LogP contribution in [0.15, 0.2) is 41.8 Å². The van der Waals surface area contributed by atoms with Crippen molar-refractivity contribution in [3.05, 3.63) is 57.8 Å². The minimum Gasteiger partial charge on any atom is -0.376 e. The van der Waals surface area contributed by atoms with Gasteiger partial charge in [-0.15, -0.1) is 11.3 Å². The van der Waals surface area contributed by atoms with Crippen LogP contribution in [0.25, 0.3) is 0 Å². The number of benzene rings is 1. The average Bonchev–Trinajstić information content (AvgIpc) is 3.33. The Balaban J connectivity index is 1.72. The second-order valence-electron chi connectivity index (χ2n) is 7.30. The van der Waals surface area contributed by atoms with Crippen LogP contribution in [0.3, 0.4) is 0 Å². The van der Waals surface area contributed by atoms with Gasteiger partial charge in [0.2, 0.25) is 11.8 Å². The molecule has 2 amide bonds. The maximum absolute atomic E-state index is 13.2. The predicted octanol–water partition coefficient (Wildman–Crippen LogP) is 3.61. The normalized spacial score (nSPS) is 16.1. The monoisotopic (exact) mass is 400 g/mol. The van der Waals surface area contributed by atoms with Crippen molar-refractivity contribution >= 4 is 23.2 Å². The third-order valence-corrected chi connectivity index (χ3v) is 6.10. The number of carbonyl (C=O) groups is 2. The summed E-state index contributed by atoms with van der Waals surface area (Å²) in [7, 11) is 0. The number of hydrogen-bond acceptors (Lipinski definition) is 4. The number of thiophene rings is 1. The van der Waals surface area contributed by atoms with Gasteiger partial charge < -0.3 is 14.5 Å². The first-order chi connectivity index (χ1) is 13.5. The summed E-state index contributed by atoms with van der Waals surface area (Å²) in [5.41, 5.74) is 2.28. The lowest BCUT2D eigenvalue weighted by Gasteiger charge is -2.28. The van der Waals surface area contributed by atoms with Gasteiger partial charge in [0.05, 0.1) is 19.2 Å². The number of carbonyl (C=O) groups excluding carboxylic acids is 2. The Morgan fingerprint density at radius 3 is 2.54 bits per heavy atom. The topological polar surface area (TPSA) is 49.9 Å².